The SMILES string of the molecule is CC(=O)NC(CSCc1nccn1C(F)F)C(=O)O. The minimum absolute atomic E-state index is 0.0744. The molecule has 0 spiro atoms. The van der Waals surface area contributed by atoms with Gasteiger partial charge in [-0.15, -0.1) is 0 Å². The van der Waals surface area contributed by atoms with Gasteiger partial charge < -0.3 is 10.4 Å². The van der Waals surface area contributed by atoms with Crippen LogP contribution in [0.5, 0.6) is 0 Å². The normalized spacial score (nSPS) is 12.4. The molecule has 0 radical (unpaired) electrons. The Bertz CT molecular complexity index is 453. The van der Waals surface area contributed by atoms with Gasteiger partial charge in [-0.2, -0.15) is 20.5 Å². The molecular formula is C10H13F2N3O3S. The molecule has 0 fully saturated rings. The van der Waals surface area contributed by atoms with Gasteiger partial charge in [-0.1, -0.05) is 0 Å². The molecule has 2 N–H and O–H groups in total. The van der Waals surface area contributed by atoms with Crippen molar-refractivity contribution >= 4 is 23.6 Å². The van der Waals surface area contributed by atoms with E-state index in [0.717, 1.165) is 18.0 Å². The van der Waals surface area contributed by atoms with Crippen LogP contribution in [0.4, 0.5) is 8.78 Å². The predicted octanol–water partition coefficient (Wildman–Crippen LogP) is 1.10. The highest BCUT2D eigenvalue weighted by Gasteiger charge is 2.19. The van der Waals surface area contributed by atoms with Crippen molar-refractivity contribution in [2.75, 3.05) is 5.75 Å². The topological polar surface area (TPSA) is 84.2 Å². The Kier molecular flexibility index (Phi) is 5.74. The molecule has 0 aliphatic heterocycles. The summed E-state index contributed by atoms with van der Waals surface area (Å²) in [6.45, 7) is -1.46. The summed E-state index contributed by atoms with van der Waals surface area (Å²) in [4.78, 5) is 25.4. The zero-order chi connectivity index (χ0) is 14.4. The number of imidazole rings is 1. The number of hydrogen-bond acceptors (Lipinski definition) is 4. The van der Waals surface area contributed by atoms with E-state index in [1.165, 1.54) is 13.1 Å². The van der Waals surface area contributed by atoms with Crippen molar-refractivity contribution < 1.29 is 23.5 Å². The minimum Gasteiger partial charge on any atom is -0.480 e. The van der Waals surface area contributed by atoms with Crippen molar-refractivity contribution in [1.29, 1.82) is 0 Å². The van der Waals surface area contributed by atoms with Gasteiger partial charge in [0.15, 0.2) is 0 Å². The Labute approximate surface area is 112 Å². The Morgan fingerprint density at radius 2 is 2.26 bits per heavy atom. The van der Waals surface area contributed by atoms with Crippen LogP contribution in [0.2, 0.25) is 0 Å². The van der Waals surface area contributed by atoms with Gasteiger partial charge in [0, 0.05) is 25.1 Å². The standard InChI is InChI=1S/C10H13F2N3O3S/c1-6(16)14-7(9(17)18)4-19-5-8-13-2-3-15(8)10(11)12/h2-3,7,10H,4-5H2,1H3,(H,14,16)(H,17,18). The Morgan fingerprint density at radius 1 is 1.58 bits per heavy atom. The maximum atomic E-state index is 12.5. The average Bonchev–Trinajstić information content (AvgIpc) is 2.75. The van der Waals surface area contributed by atoms with Gasteiger partial charge in [0.1, 0.15) is 11.9 Å². The van der Waals surface area contributed by atoms with Crippen LogP contribution in [0.3, 0.4) is 0 Å². The van der Waals surface area contributed by atoms with Crippen molar-refractivity contribution in [2.24, 2.45) is 0 Å². The zero-order valence-corrected chi connectivity index (χ0v) is 10.9. The molecule has 0 aliphatic rings. The number of halogens is 2. The number of carbonyl (C=O) groups is 2. The number of carbonyl (C=O) groups excluding carboxylic acids is 1. The lowest BCUT2D eigenvalue weighted by molar-refractivity contribution is -0.140. The van der Waals surface area contributed by atoms with Gasteiger partial charge in [-0.25, -0.2) is 9.78 Å². The molecule has 1 rings (SSSR count). The number of carboxylic acid groups (broad SMARTS) is 1. The quantitative estimate of drug-likeness (QED) is 0.786. The highest BCUT2D eigenvalue weighted by Crippen LogP contribution is 2.17. The fourth-order valence-electron chi connectivity index (χ4n) is 1.32. The van der Waals surface area contributed by atoms with Crippen LogP contribution in [-0.4, -0.2) is 38.3 Å². The van der Waals surface area contributed by atoms with Gasteiger partial charge in [-0.05, 0) is 0 Å². The number of aliphatic carboxylic acids is 1. The first-order valence-corrected chi connectivity index (χ1v) is 6.44. The number of nitrogens with zero attached hydrogens (tertiary/aromatic N) is 2. The van der Waals surface area contributed by atoms with Crippen molar-refractivity contribution in [1.82, 2.24) is 14.9 Å². The Balaban J connectivity index is 2.50. The van der Waals surface area contributed by atoms with Crippen molar-refractivity contribution in [3.05, 3.63) is 18.2 Å². The summed E-state index contributed by atoms with van der Waals surface area (Å²) in [5.41, 5.74) is 0. The monoisotopic (exact) mass is 293 g/mol. The molecule has 0 saturated carbocycles. The van der Waals surface area contributed by atoms with Crippen molar-refractivity contribution in [3.8, 4) is 0 Å². The summed E-state index contributed by atoms with van der Waals surface area (Å²) in [5.74, 6) is -1.25. The summed E-state index contributed by atoms with van der Waals surface area (Å²) in [5, 5.41) is 11.1. The number of nitrogens with one attached hydrogen (secondary N) is 1. The Morgan fingerprint density at radius 3 is 2.79 bits per heavy atom. The van der Waals surface area contributed by atoms with E-state index < -0.39 is 24.5 Å². The molecule has 106 valence electrons. The number of amides is 1. The van der Waals surface area contributed by atoms with Gasteiger partial charge in [0.25, 0.3) is 0 Å². The van der Waals surface area contributed by atoms with Crippen LogP contribution in [0.1, 0.15) is 19.3 Å². The second-order valence-corrected chi connectivity index (χ2v) is 4.67. The van der Waals surface area contributed by atoms with Crippen molar-refractivity contribution in [2.45, 2.75) is 25.3 Å². The summed E-state index contributed by atoms with van der Waals surface area (Å²) in [7, 11) is 0. The molecule has 1 atom stereocenters. The second-order valence-electron chi connectivity index (χ2n) is 3.63. The first-order chi connectivity index (χ1) is 8.91. The third-order valence-corrected chi connectivity index (χ3v) is 3.18. The van der Waals surface area contributed by atoms with E-state index in [0.29, 0.717) is 4.57 Å². The van der Waals surface area contributed by atoms with Crippen LogP contribution < -0.4 is 5.32 Å². The number of rotatable bonds is 7. The summed E-state index contributed by atoms with van der Waals surface area (Å²) >= 11 is 1.11. The smallest absolute Gasteiger partial charge is 0.327 e. The predicted molar refractivity (Wildman–Crippen MR) is 64.9 cm³/mol. The maximum Gasteiger partial charge on any atom is 0.327 e. The minimum atomic E-state index is -2.68. The highest BCUT2D eigenvalue weighted by atomic mass is 32.2. The van der Waals surface area contributed by atoms with E-state index in [1.54, 1.807) is 0 Å². The lowest BCUT2D eigenvalue weighted by Crippen LogP contribution is -2.41. The van der Waals surface area contributed by atoms with Crippen molar-refractivity contribution in [3.63, 3.8) is 0 Å². The summed E-state index contributed by atoms with van der Waals surface area (Å²) in [6.07, 6.45) is 2.41. The zero-order valence-electron chi connectivity index (χ0n) is 10.0. The molecular weight excluding hydrogens is 280 g/mol. The molecule has 0 bridgehead atoms. The van der Waals surface area contributed by atoms with Gasteiger partial charge >= 0.3 is 12.5 Å². The van der Waals surface area contributed by atoms with E-state index in [9.17, 15) is 18.4 Å². The third kappa shape index (κ3) is 4.86. The van der Waals surface area contributed by atoms with Crippen LogP contribution in [-0.2, 0) is 15.3 Å². The molecule has 1 aromatic rings. The molecule has 1 aromatic heterocycles. The molecule has 1 unspecified atom stereocenters. The summed E-state index contributed by atoms with van der Waals surface area (Å²) in [6, 6.07) is -1.04. The summed E-state index contributed by atoms with van der Waals surface area (Å²) < 4.78 is 25.7. The maximum absolute atomic E-state index is 12.5. The van der Waals surface area contributed by atoms with E-state index in [2.05, 4.69) is 10.3 Å². The molecule has 0 aromatic carbocycles. The Hall–Kier alpha value is -1.64. The number of carboxylic acids is 1. The number of aromatic nitrogens is 2. The average molecular weight is 293 g/mol. The molecule has 9 heteroatoms. The first kappa shape index (κ1) is 15.4. The molecule has 1 heterocycles. The van der Waals surface area contributed by atoms with Crippen LogP contribution in [0.15, 0.2) is 12.4 Å². The fourth-order valence-corrected chi connectivity index (χ4v) is 2.31. The van der Waals surface area contributed by atoms with Gasteiger partial charge in [0.05, 0.1) is 5.75 Å². The lowest BCUT2D eigenvalue weighted by Gasteiger charge is -2.12. The number of hydrogen-bond donors (Lipinski definition) is 2. The van der Waals surface area contributed by atoms with E-state index in [-0.39, 0.29) is 17.3 Å². The molecule has 19 heavy (non-hydrogen) atoms. The van der Waals surface area contributed by atoms with Crippen LogP contribution in [0.25, 0.3) is 0 Å². The first-order valence-electron chi connectivity index (χ1n) is 5.29. The van der Waals surface area contributed by atoms with Gasteiger partial charge in [0.2, 0.25) is 5.91 Å². The number of thioether (sulfide) groups is 1. The van der Waals surface area contributed by atoms with E-state index >= 15 is 0 Å². The molecule has 1 amide bonds. The van der Waals surface area contributed by atoms with E-state index in [4.69, 9.17) is 5.11 Å². The molecule has 6 nitrogen and oxygen atoms in total. The largest absolute Gasteiger partial charge is 0.480 e. The van der Waals surface area contributed by atoms with Gasteiger partial charge in [-0.3, -0.25) is 9.36 Å². The third-order valence-electron chi connectivity index (χ3n) is 2.15. The second kappa shape index (κ2) is 7.07. The molecule has 0 saturated heterocycles. The van der Waals surface area contributed by atoms with Crippen LogP contribution >= 0.6 is 11.8 Å². The fraction of sp³-hybridized carbons (Fsp3) is 0.500. The van der Waals surface area contributed by atoms with E-state index in [1.807, 2.05) is 0 Å². The lowest BCUT2D eigenvalue weighted by atomic mass is 10.3. The van der Waals surface area contributed by atoms with Crippen LogP contribution in [0, 0.1) is 0 Å². The molecule has 0 aliphatic carbocycles. The number of alkyl halides is 2. The highest BCUT2D eigenvalue weighted by molar-refractivity contribution is 7.98.